The summed E-state index contributed by atoms with van der Waals surface area (Å²) in [6, 6.07) is 2.94. The molecule has 3 nitrogen and oxygen atoms in total. The van der Waals surface area contributed by atoms with E-state index in [2.05, 4.69) is 4.98 Å². The normalized spacial score (nSPS) is 13.3. The maximum atomic E-state index is 12.7. The maximum Gasteiger partial charge on any atom is 0.213 e. The van der Waals surface area contributed by atoms with Crippen LogP contribution in [0.4, 0.5) is 4.39 Å². The molecule has 13 heavy (non-hydrogen) atoms. The van der Waals surface area contributed by atoms with Crippen LogP contribution in [0, 0.1) is 5.95 Å². The van der Waals surface area contributed by atoms with Crippen molar-refractivity contribution in [2.24, 2.45) is 5.73 Å². The minimum Gasteiger partial charge on any atom is -0.323 e. The second kappa shape index (κ2) is 4.30. The van der Waals surface area contributed by atoms with E-state index in [1.165, 1.54) is 12.3 Å². The number of pyridine rings is 1. The smallest absolute Gasteiger partial charge is 0.213 e. The molecule has 1 aromatic rings. The molecule has 2 N–H and O–H groups in total. The lowest BCUT2D eigenvalue weighted by Gasteiger charge is -2.16. The fraction of sp³-hybridized carbons (Fsp3) is 0.444. The van der Waals surface area contributed by atoms with E-state index in [9.17, 15) is 4.39 Å². The van der Waals surface area contributed by atoms with Crippen molar-refractivity contribution in [2.75, 3.05) is 20.6 Å². The third kappa shape index (κ3) is 3.08. The van der Waals surface area contributed by atoms with Crippen LogP contribution >= 0.6 is 0 Å². The summed E-state index contributed by atoms with van der Waals surface area (Å²) in [5.41, 5.74) is 6.61. The van der Waals surface area contributed by atoms with Crippen LogP contribution in [0.3, 0.4) is 0 Å². The quantitative estimate of drug-likeness (QED) is 0.704. The second-order valence-corrected chi connectivity index (χ2v) is 3.28. The van der Waals surface area contributed by atoms with E-state index in [-0.39, 0.29) is 6.04 Å². The van der Waals surface area contributed by atoms with Gasteiger partial charge in [0.1, 0.15) is 0 Å². The molecule has 1 atom stereocenters. The highest BCUT2D eigenvalue weighted by Gasteiger charge is 2.07. The Hall–Kier alpha value is -1.00. The maximum absolute atomic E-state index is 12.7. The average Bonchev–Trinajstić information content (AvgIpc) is 2.03. The summed E-state index contributed by atoms with van der Waals surface area (Å²) >= 11 is 0. The fourth-order valence-corrected chi connectivity index (χ4v) is 1.15. The van der Waals surface area contributed by atoms with Crippen molar-refractivity contribution in [3.05, 3.63) is 29.8 Å². The predicted octanol–water partition coefficient (Wildman–Crippen LogP) is 0.782. The van der Waals surface area contributed by atoms with Gasteiger partial charge in [0.25, 0.3) is 0 Å². The summed E-state index contributed by atoms with van der Waals surface area (Å²) in [6.45, 7) is 0.698. The lowest BCUT2D eigenvalue weighted by atomic mass is 10.1. The lowest BCUT2D eigenvalue weighted by molar-refractivity contribution is 0.376. The van der Waals surface area contributed by atoms with Crippen LogP contribution < -0.4 is 5.73 Å². The summed E-state index contributed by atoms with van der Waals surface area (Å²) in [7, 11) is 3.86. The molecule has 0 radical (unpaired) electrons. The molecule has 0 saturated heterocycles. The van der Waals surface area contributed by atoms with Gasteiger partial charge in [-0.3, -0.25) is 0 Å². The van der Waals surface area contributed by atoms with Crippen LogP contribution in [-0.2, 0) is 0 Å². The Morgan fingerprint density at radius 1 is 1.62 bits per heavy atom. The van der Waals surface area contributed by atoms with E-state index in [1.54, 1.807) is 6.07 Å². The van der Waals surface area contributed by atoms with Gasteiger partial charge in [0, 0.05) is 18.8 Å². The van der Waals surface area contributed by atoms with Crippen LogP contribution in [0.15, 0.2) is 18.3 Å². The molecule has 0 saturated carbocycles. The Labute approximate surface area is 77.4 Å². The molecule has 0 aliphatic heterocycles. The minimum atomic E-state index is -0.480. The first-order valence-corrected chi connectivity index (χ1v) is 4.11. The fourth-order valence-electron chi connectivity index (χ4n) is 1.15. The number of hydrogen-bond donors (Lipinski definition) is 1. The Morgan fingerprint density at radius 2 is 2.31 bits per heavy atom. The molecule has 0 aliphatic carbocycles. The van der Waals surface area contributed by atoms with Gasteiger partial charge in [-0.25, -0.2) is 4.98 Å². The molecule has 4 heteroatoms. The van der Waals surface area contributed by atoms with Crippen LogP contribution in [0.1, 0.15) is 11.6 Å². The molecule has 0 bridgehead atoms. The van der Waals surface area contributed by atoms with Gasteiger partial charge in [-0.15, -0.1) is 0 Å². The van der Waals surface area contributed by atoms with E-state index < -0.39 is 5.95 Å². The number of likely N-dealkylation sites (N-methyl/N-ethyl adjacent to an activating group) is 1. The summed E-state index contributed by atoms with van der Waals surface area (Å²) in [6.07, 6.45) is 1.43. The van der Waals surface area contributed by atoms with Gasteiger partial charge in [-0.1, -0.05) is 0 Å². The Balaban J connectivity index is 2.71. The van der Waals surface area contributed by atoms with Gasteiger partial charge in [-0.05, 0) is 31.8 Å². The van der Waals surface area contributed by atoms with E-state index in [4.69, 9.17) is 5.73 Å². The van der Waals surface area contributed by atoms with Crippen molar-refractivity contribution < 1.29 is 4.39 Å². The molecular formula is C9H14FN3. The molecule has 1 unspecified atom stereocenters. The van der Waals surface area contributed by atoms with Crippen molar-refractivity contribution in [3.8, 4) is 0 Å². The Bertz CT molecular complexity index is 275. The Morgan fingerprint density at radius 3 is 2.85 bits per heavy atom. The molecule has 0 aliphatic rings. The molecule has 0 aromatic carbocycles. The SMILES string of the molecule is CN(C)CC(N)c1ccnc(F)c1. The number of nitrogens with zero attached hydrogens (tertiary/aromatic N) is 2. The first-order chi connectivity index (χ1) is 6.09. The Kier molecular flexibility index (Phi) is 3.33. The lowest BCUT2D eigenvalue weighted by Crippen LogP contribution is -2.26. The standard InChI is InChI=1S/C9H14FN3/c1-13(2)6-8(11)7-3-4-12-9(10)5-7/h3-5,8H,6,11H2,1-2H3. The summed E-state index contributed by atoms with van der Waals surface area (Å²) in [4.78, 5) is 5.43. The van der Waals surface area contributed by atoms with Gasteiger partial charge in [0.15, 0.2) is 0 Å². The molecule has 0 fully saturated rings. The number of halogens is 1. The zero-order chi connectivity index (χ0) is 9.84. The highest BCUT2D eigenvalue weighted by Crippen LogP contribution is 2.10. The number of nitrogens with two attached hydrogens (primary N) is 1. The molecule has 0 amide bonds. The van der Waals surface area contributed by atoms with E-state index in [0.29, 0.717) is 6.54 Å². The third-order valence-electron chi connectivity index (χ3n) is 1.74. The van der Waals surface area contributed by atoms with E-state index >= 15 is 0 Å². The number of aromatic nitrogens is 1. The van der Waals surface area contributed by atoms with Crippen LogP contribution in [0.2, 0.25) is 0 Å². The van der Waals surface area contributed by atoms with Crippen LogP contribution in [0.25, 0.3) is 0 Å². The summed E-state index contributed by atoms with van der Waals surface area (Å²) in [5.74, 6) is -0.480. The predicted molar refractivity (Wildman–Crippen MR) is 49.7 cm³/mol. The van der Waals surface area contributed by atoms with Crippen LogP contribution in [-0.4, -0.2) is 30.5 Å². The van der Waals surface area contributed by atoms with Crippen molar-refractivity contribution in [3.63, 3.8) is 0 Å². The van der Waals surface area contributed by atoms with Gasteiger partial charge in [0.2, 0.25) is 5.95 Å². The highest BCUT2D eigenvalue weighted by atomic mass is 19.1. The zero-order valence-corrected chi connectivity index (χ0v) is 7.87. The van der Waals surface area contributed by atoms with Crippen LogP contribution in [0.5, 0.6) is 0 Å². The third-order valence-corrected chi connectivity index (χ3v) is 1.74. The first-order valence-electron chi connectivity index (χ1n) is 4.11. The van der Waals surface area contributed by atoms with Gasteiger partial charge in [-0.2, -0.15) is 4.39 Å². The van der Waals surface area contributed by atoms with Crippen molar-refractivity contribution in [1.82, 2.24) is 9.88 Å². The van der Waals surface area contributed by atoms with E-state index in [1.807, 2.05) is 19.0 Å². The van der Waals surface area contributed by atoms with Crippen molar-refractivity contribution in [1.29, 1.82) is 0 Å². The number of hydrogen-bond acceptors (Lipinski definition) is 3. The average molecular weight is 183 g/mol. The number of rotatable bonds is 3. The highest BCUT2D eigenvalue weighted by molar-refractivity contribution is 5.15. The van der Waals surface area contributed by atoms with Gasteiger partial charge >= 0.3 is 0 Å². The van der Waals surface area contributed by atoms with Gasteiger partial charge < -0.3 is 10.6 Å². The van der Waals surface area contributed by atoms with E-state index in [0.717, 1.165) is 5.56 Å². The largest absolute Gasteiger partial charge is 0.323 e. The molecule has 1 aromatic heterocycles. The molecule has 1 heterocycles. The molecule has 72 valence electrons. The zero-order valence-electron chi connectivity index (χ0n) is 7.87. The topological polar surface area (TPSA) is 42.1 Å². The van der Waals surface area contributed by atoms with Crippen molar-refractivity contribution >= 4 is 0 Å². The molecule has 0 spiro atoms. The summed E-state index contributed by atoms with van der Waals surface area (Å²) < 4.78 is 12.7. The second-order valence-electron chi connectivity index (χ2n) is 3.28. The monoisotopic (exact) mass is 183 g/mol. The summed E-state index contributed by atoms with van der Waals surface area (Å²) in [5, 5.41) is 0. The van der Waals surface area contributed by atoms with Gasteiger partial charge in [0.05, 0.1) is 0 Å². The first kappa shape index (κ1) is 10.1. The molecular weight excluding hydrogens is 169 g/mol. The van der Waals surface area contributed by atoms with Crippen molar-refractivity contribution in [2.45, 2.75) is 6.04 Å². The molecule has 1 rings (SSSR count). The minimum absolute atomic E-state index is 0.160.